The highest BCUT2D eigenvalue weighted by Crippen LogP contribution is 2.24. The first-order chi connectivity index (χ1) is 14.3. The van der Waals surface area contributed by atoms with Crippen LogP contribution in [0.3, 0.4) is 0 Å². The molecule has 0 saturated carbocycles. The summed E-state index contributed by atoms with van der Waals surface area (Å²) in [4.78, 5) is 16.1. The minimum Gasteiger partial charge on any atom is -0.378 e. The SMILES string of the molecule is CN(c1ccnc(N2CCOCC2)n1)C1CCCN(c2ccc3nncn3n2)C1. The van der Waals surface area contributed by atoms with Gasteiger partial charge in [0, 0.05) is 45.5 Å². The number of rotatable bonds is 4. The molecule has 1 atom stereocenters. The quantitative estimate of drug-likeness (QED) is 0.638. The lowest BCUT2D eigenvalue weighted by Crippen LogP contribution is -2.47. The van der Waals surface area contributed by atoms with Gasteiger partial charge in [-0.15, -0.1) is 15.3 Å². The maximum atomic E-state index is 5.44. The van der Waals surface area contributed by atoms with Crippen LogP contribution in [0.5, 0.6) is 0 Å². The lowest BCUT2D eigenvalue weighted by molar-refractivity contribution is 0.122. The van der Waals surface area contributed by atoms with Crippen LogP contribution in [0.25, 0.3) is 5.65 Å². The summed E-state index contributed by atoms with van der Waals surface area (Å²) < 4.78 is 7.16. The average Bonchev–Trinajstić information content (AvgIpc) is 3.27. The van der Waals surface area contributed by atoms with Crippen LogP contribution in [0, 0.1) is 0 Å². The van der Waals surface area contributed by atoms with Crippen LogP contribution in [-0.2, 0) is 4.74 Å². The number of anilines is 3. The molecule has 2 aliphatic heterocycles. The largest absolute Gasteiger partial charge is 0.378 e. The van der Waals surface area contributed by atoms with E-state index in [2.05, 4.69) is 42.0 Å². The molecule has 0 amide bonds. The third-order valence-electron chi connectivity index (χ3n) is 5.70. The minimum atomic E-state index is 0.356. The van der Waals surface area contributed by atoms with Crippen molar-refractivity contribution in [2.75, 3.05) is 61.1 Å². The van der Waals surface area contributed by atoms with Crippen molar-refractivity contribution in [3.8, 4) is 0 Å². The van der Waals surface area contributed by atoms with E-state index in [1.54, 1.807) is 10.8 Å². The molecule has 5 rings (SSSR count). The Hall–Kier alpha value is -3.01. The van der Waals surface area contributed by atoms with Crippen LogP contribution >= 0.6 is 0 Å². The maximum absolute atomic E-state index is 5.44. The summed E-state index contributed by atoms with van der Waals surface area (Å²) in [7, 11) is 2.12. The topological polar surface area (TPSA) is 87.8 Å². The van der Waals surface area contributed by atoms with E-state index in [0.29, 0.717) is 6.04 Å². The molecule has 1 unspecified atom stereocenters. The molecule has 5 heterocycles. The lowest BCUT2D eigenvalue weighted by Gasteiger charge is -2.38. The van der Waals surface area contributed by atoms with E-state index >= 15 is 0 Å². The van der Waals surface area contributed by atoms with Gasteiger partial charge in [-0.25, -0.2) is 4.98 Å². The Kier molecular flexibility index (Phi) is 4.84. The van der Waals surface area contributed by atoms with Gasteiger partial charge in [-0.3, -0.25) is 0 Å². The van der Waals surface area contributed by atoms with Gasteiger partial charge in [0.25, 0.3) is 0 Å². The molecule has 0 aliphatic carbocycles. The summed E-state index contributed by atoms with van der Waals surface area (Å²) in [6.07, 6.45) is 5.73. The van der Waals surface area contributed by atoms with Crippen molar-refractivity contribution in [2.45, 2.75) is 18.9 Å². The highest BCUT2D eigenvalue weighted by molar-refractivity contribution is 5.48. The Morgan fingerprint density at radius 3 is 2.90 bits per heavy atom. The molecule has 0 radical (unpaired) electrons. The molecule has 0 N–H and O–H groups in total. The molecule has 0 bridgehead atoms. The van der Waals surface area contributed by atoms with E-state index < -0.39 is 0 Å². The van der Waals surface area contributed by atoms with Crippen LogP contribution in [0.1, 0.15) is 12.8 Å². The zero-order valence-corrected chi connectivity index (χ0v) is 16.6. The van der Waals surface area contributed by atoms with Crippen LogP contribution in [0.15, 0.2) is 30.7 Å². The summed E-state index contributed by atoms with van der Waals surface area (Å²) in [5.74, 6) is 2.69. The number of likely N-dealkylation sites (N-methyl/N-ethyl adjacent to an activating group) is 1. The van der Waals surface area contributed by atoms with Gasteiger partial charge in [-0.2, -0.15) is 9.50 Å². The Morgan fingerprint density at radius 2 is 2.00 bits per heavy atom. The number of hydrogen-bond acceptors (Lipinski definition) is 9. The molecule has 0 aromatic carbocycles. The molecule has 10 heteroatoms. The predicted molar refractivity (Wildman–Crippen MR) is 109 cm³/mol. The van der Waals surface area contributed by atoms with Crippen molar-refractivity contribution < 1.29 is 4.74 Å². The molecular formula is C19H25N9O. The second kappa shape index (κ2) is 7.78. The number of nitrogens with zero attached hydrogens (tertiary/aromatic N) is 9. The number of hydrogen-bond donors (Lipinski definition) is 0. The zero-order valence-electron chi connectivity index (χ0n) is 16.6. The average molecular weight is 395 g/mol. The predicted octanol–water partition coefficient (Wildman–Crippen LogP) is 0.856. The van der Waals surface area contributed by atoms with Crippen molar-refractivity contribution in [3.05, 3.63) is 30.7 Å². The smallest absolute Gasteiger partial charge is 0.227 e. The maximum Gasteiger partial charge on any atom is 0.227 e. The molecule has 2 saturated heterocycles. The Balaban J connectivity index is 1.32. The normalized spacial score (nSPS) is 20.2. The summed E-state index contributed by atoms with van der Waals surface area (Å²) >= 11 is 0. The number of aromatic nitrogens is 6. The fraction of sp³-hybridized carbons (Fsp3) is 0.526. The molecule has 29 heavy (non-hydrogen) atoms. The second-order valence-electron chi connectivity index (χ2n) is 7.49. The van der Waals surface area contributed by atoms with Gasteiger partial charge in [0.15, 0.2) is 5.65 Å². The summed E-state index contributed by atoms with van der Waals surface area (Å²) in [6, 6.07) is 6.33. The van der Waals surface area contributed by atoms with Gasteiger partial charge in [0.05, 0.1) is 13.2 Å². The highest BCUT2D eigenvalue weighted by atomic mass is 16.5. The monoisotopic (exact) mass is 395 g/mol. The van der Waals surface area contributed by atoms with E-state index in [1.807, 2.05) is 24.4 Å². The molecular weight excluding hydrogens is 370 g/mol. The fourth-order valence-electron chi connectivity index (χ4n) is 4.00. The molecule has 0 spiro atoms. The van der Waals surface area contributed by atoms with Gasteiger partial charge in [0.1, 0.15) is 18.0 Å². The molecule has 2 aliphatic rings. The lowest BCUT2D eigenvalue weighted by atomic mass is 10.0. The van der Waals surface area contributed by atoms with E-state index in [4.69, 9.17) is 9.72 Å². The first kappa shape index (κ1) is 18.0. The molecule has 10 nitrogen and oxygen atoms in total. The fourth-order valence-corrected chi connectivity index (χ4v) is 4.00. The van der Waals surface area contributed by atoms with Crippen molar-refractivity contribution in [1.29, 1.82) is 0 Å². The van der Waals surface area contributed by atoms with Crippen molar-refractivity contribution >= 4 is 23.2 Å². The molecule has 3 aromatic rings. The van der Waals surface area contributed by atoms with Crippen LogP contribution in [0.2, 0.25) is 0 Å². The van der Waals surface area contributed by atoms with Gasteiger partial charge >= 0.3 is 0 Å². The minimum absolute atomic E-state index is 0.356. The number of ether oxygens (including phenoxy) is 1. The summed E-state index contributed by atoms with van der Waals surface area (Å²) in [5, 5.41) is 12.6. The van der Waals surface area contributed by atoms with Gasteiger partial charge in [0.2, 0.25) is 5.95 Å². The van der Waals surface area contributed by atoms with Crippen molar-refractivity contribution in [1.82, 2.24) is 29.8 Å². The Labute approximate surface area is 169 Å². The van der Waals surface area contributed by atoms with Gasteiger partial charge < -0.3 is 19.4 Å². The molecule has 3 aromatic heterocycles. The first-order valence-electron chi connectivity index (χ1n) is 10.1. The van der Waals surface area contributed by atoms with Crippen LogP contribution in [0.4, 0.5) is 17.6 Å². The summed E-state index contributed by atoms with van der Waals surface area (Å²) in [5.41, 5.74) is 0.760. The van der Waals surface area contributed by atoms with E-state index in [9.17, 15) is 0 Å². The van der Waals surface area contributed by atoms with Crippen molar-refractivity contribution in [2.24, 2.45) is 0 Å². The molecule has 152 valence electrons. The third-order valence-corrected chi connectivity index (χ3v) is 5.70. The first-order valence-corrected chi connectivity index (χ1v) is 10.1. The standard InChI is InChI=1S/C19H25N9O/c1-25(16-6-7-20-19(22-16)26-9-11-29-12-10-26)15-3-2-8-27(13-15)18-5-4-17-23-21-14-28(17)24-18/h4-7,14-15H,2-3,8-13H2,1H3. The van der Waals surface area contributed by atoms with E-state index in [0.717, 1.165) is 75.5 Å². The molecule has 2 fully saturated rings. The van der Waals surface area contributed by atoms with E-state index in [1.165, 1.54) is 0 Å². The van der Waals surface area contributed by atoms with Crippen molar-refractivity contribution in [3.63, 3.8) is 0 Å². The number of fused-ring (bicyclic) bond motifs is 1. The number of morpholine rings is 1. The van der Waals surface area contributed by atoms with E-state index in [-0.39, 0.29) is 0 Å². The Bertz CT molecular complexity index is 971. The van der Waals surface area contributed by atoms with Crippen LogP contribution in [-0.4, -0.2) is 82.3 Å². The van der Waals surface area contributed by atoms with Crippen LogP contribution < -0.4 is 14.7 Å². The zero-order chi connectivity index (χ0) is 19.6. The third kappa shape index (κ3) is 3.67. The van der Waals surface area contributed by atoms with Gasteiger partial charge in [-0.05, 0) is 31.0 Å². The summed E-state index contributed by atoms with van der Waals surface area (Å²) in [6.45, 7) is 5.01. The number of piperidine rings is 1. The van der Waals surface area contributed by atoms with Gasteiger partial charge in [-0.1, -0.05) is 0 Å². The second-order valence-corrected chi connectivity index (χ2v) is 7.49. The highest BCUT2D eigenvalue weighted by Gasteiger charge is 2.26. The Morgan fingerprint density at radius 1 is 1.10 bits per heavy atom.